The van der Waals surface area contributed by atoms with Gasteiger partial charge in [0.2, 0.25) is 0 Å². The quantitative estimate of drug-likeness (QED) is 0.161. The van der Waals surface area contributed by atoms with Gasteiger partial charge in [0.15, 0.2) is 17.5 Å². The highest BCUT2D eigenvalue weighted by molar-refractivity contribution is 6.08. The Labute approximate surface area is 365 Å². The minimum Gasteiger partial charge on any atom is -0.456 e. The summed E-state index contributed by atoms with van der Waals surface area (Å²) in [5.41, 5.74) is 8.67. The van der Waals surface area contributed by atoms with Gasteiger partial charge in [-0.15, -0.1) is 0 Å². The van der Waals surface area contributed by atoms with Crippen LogP contribution in [0, 0.1) is 0 Å². The van der Waals surface area contributed by atoms with E-state index in [1.165, 1.54) is 0 Å². The van der Waals surface area contributed by atoms with Gasteiger partial charge in [-0.2, -0.15) is 0 Å². The third-order valence-corrected chi connectivity index (χ3v) is 11.2. The van der Waals surface area contributed by atoms with Crippen LogP contribution in [0.3, 0.4) is 0 Å². The van der Waals surface area contributed by atoms with E-state index in [1.807, 2.05) is 164 Å². The number of fused-ring (bicyclic) bond motifs is 6. The second-order valence-corrected chi connectivity index (χ2v) is 15.1. The predicted octanol–water partition coefficient (Wildman–Crippen LogP) is 15.3. The van der Waals surface area contributed by atoms with E-state index in [9.17, 15) is 5.48 Å². The van der Waals surface area contributed by atoms with Crippen molar-refractivity contribution in [1.82, 2.24) is 15.0 Å². The topological polar surface area (TPSA) is 65.0 Å². The maximum atomic E-state index is 9.71. The summed E-state index contributed by atoms with van der Waals surface area (Å²) >= 11 is 0. The highest BCUT2D eigenvalue weighted by atomic mass is 16.3. The van der Waals surface area contributed by atoms with Gasteiger partial charge in [-0.25, -0.2) is 15.0 Å². The Kier molecular flexibility index (Phi) is 7.05. The van der Waals surface area contributed by atoms with Crippen LogP contribution in [0.4, 0.5) is 0 Å². The lowest BCUT2D eigenvalue weighted by Gasteiger charge is -2.12. The minimum atomic E-state index is -0.363. The molecular formula is C57H35N3O2. The van der Waals surface area contributed by atoms with Crippen molar-refractivity contribution in [1.29, 1.82) is 0 Å². The number of nitrogens with zero attached hydrogens (tertiary/aromatic N) is 3. The summed E-state index contributed by atoms with van der Waals surface area (Å²) in [6.45, 7) is 0. The maximum absolute atomic E-state index is 9.71. The van der Waals surface area contributed by atoms with Crippen molar-refractivity contribution in [2.45, 2.75) is 0 Å². The van der Waals surface area contributed by atoms with E-state index in [2.05, 4.69) is 6.07 Å². The van der Waals surface area contributed by atoms with Gasteiger partial charge in [0.05, 0.1) is 8.22 Å². The average molecular weight is 800 g/mol. The van der Waals surface area contributed by atoms with Crippen molar-refractivity contribution in [2.75, 3.05) is 0 Å². The zero-order valence-corrected chi connectivity index (χ0v) is 32.9. The maximum Gasteiger partial charge on any atom is 0.164 e. The number of benzene rings is 9. The predicted molar refractivity (Wildman–Crippen MR) is 252 cm³/mol. The first-order valence-electron chi connectivity index (χ1n) is 23.3. The highest BCUT2D eigenvalue weighted by Gasteiger charge is 2.18. The molecule has 0 radical (unpaired) electrons. The normalized spacial score (nSPS) is 12.9. The van der Waals surface area contributed by atoms with E-state index in [0.717, 1.165) is 49.7 Å². The first kappa shape index (κ1) is 29.7. The SMILES string of the molecule is [2H]c1c(-c2cccc(-c3ccccc3)c2)c([2H])c2c(oc3c([2H])c(-c4nc(-c5cc(-c6ccccc6)cc(-c6ccccc6)c5)nc(-c5ccc6c(c5)oc5ccccc56)n4)c([2H])c([2H])c32)c1[2H]. The van der Waals surface area contributed by atoms with Gasteiger partial charge in [0.1, 0.15) is 22.3 Å². The molecule has 0 spiro atoms. The van der Waals surface area contributed by atoms with Crippen molar-refractivity contribution < 1.29 is 17.1 Å². The van der Waals surface area contributed by atoms with Gasteiger partial charge in [0, 0.05) is 38.2 Å². The Morgan fingerprint density at radius 1 is 0.274 bits per heavy atom. The van der Waals surface area contributed by atoms with Crippen molar-refractivity contribution in [2.24, 2.45) is 0 Å². The van der Waals surface area contributed by atoms with E-state index < -0.39 is 0 Å². The average Bonchev–Trinajstić information content (AvgIpc) is 3.98. The number of para-hydroxylation sites is 1. The number of rotatable bonds is 7. The molecule has 0 atom stereocenters. The van der Waals surface area contributed by atoms with Crippen LogP contribution in [0.15, 0.2) is 221 Å². The Morgan fingerprint density at radius 3 is 1.50 bits per heavy atom. The van der Waals surface area contributed by atoms with Crippen LogP contribution in [0.2, 0.25) is 0 Å². The minimum absolute atomic E-state index is 0.0330. The monoisotopic (exact) mass is 799 g/mol. The van der Waals surface area contributed by atoms with Crippen LogP contribution in [0.25, 0.3) is 123 Å². The van der Waals surface area contributed by atoms with Crippen LogP contribution < -0.4 is 0 Å². The third-order valence-electron chi connectivity index (χ3n) is 11.2. The Morgan fingerprint density at radius 2 is 0.790 bits per heavy atom. The molecule has 0 aliphatic carbocycles. The fourth-order valence-corrected chi connectivity index (χ4v) is 8.09. The van der Waals surface area contributed by atoms with Crippen molar-refractivity contribution in [3.63, 3.8) is 0 Å². The Balaban J connectivity index is 1.09. The molecule has 12 aromatic rings. The second-order valence-electron chi connectivity index (χ2n) is 15.1. The van der Waals surface area contributed by atoms with Crippen LogP contribution >= 0.6 is 0 Å². The molecule has 3 aromatic heterocycles. The van der Waals surface area contributed by atoms with Crippen LogP contribution in [-0.4, -0.2) is 15.0 Å². The lowest BCUT2D eigenvalue weighted by molar-refractivity contribution is 0.668. The zero-order valence-electron chi connectivity index (χ0n) is 38.9. The second kappa shape index (κ2) is 14.7. The highest BCUT2D eigenvalue weighted by Crippen LogP contribution is 2.38. The summed E-state index contributed by atoms with van der Waals surface area (Å²) < 4.78 is 69.2. The number of furan rings is 2. The fraction of sp³-hybridized carbons (Fsp3) is 0. The van der Waals surface area contributed by atoms with Gasteiger partial charge >= 0.3 is 0 Å². The molecule has 62 heavy (non-hydrogen) atoms. The van der Waals surface area contributed by atoms with Crippen molar-refractivity contribution in [3.05, 3.63) is 212 Å². The van der Waals surface area contributed by atoms with Gasteiger partial charge in [-0.3, -0.25) is 0 Å². The summed E-state index contributed by atoms with van der Waals surface area (Å²) in [6, 6.07) is 55.3. The summed E-state index contributed by atoms with van der Waals surface area (Å²) in [6.07, 6.45) is 0. The molecule has 0 bridgehead atoms. The van der Waals surface area contributed by atoms with E-state index in [1.54, 1.807) is 6.07 Å². The largest absolute Gasteiger partial charge is 0.456 e. The van der Waals surface area contributed by atoms with E-state index >= 15 is 0 Å². The lowest BCUT2D eigenvalue weighted by Crippen LogP contribution is -2.00. The molecule has 5 heteroatoms. The van der Waals surface area contributed by atoms with Crippen molar-refractivity contribution >= 4 is 43.9 Å². The van der Waals surface area contributed by atoms with E-state index in [4.69, 9.17) is 26.5 Å². The first-order valence-corrected chi connectivity index (χ1v) is 20.3. The smallest absolute Gasteiger partial charge is 0.164 e. The number of aromatic nitrogens is 3. The summed E-state index contributed by atoms with van der Waals surface area (Å²) in [7, 11) is 0. The molecule has 0 unspecified atom stereocenters. The molecule has 3 heterocycles. The van der Waals surface area contributed by atoms with Crippen LogP contribution in [-0.2, 0) is 0 Å². The molecule has 0 amide bonds. The zero-order chi connectivity index (χ0) is 46.2. The van der Waals surface area contributed by atoms with E-state index in [0.29, 0.717) is 22.3 Å². The van der Waals surface area contributed by atoms with Gasteiger partial charge in [-0.1, -0.05) is 146 Å². The molecule has 0 aliphatic heterocycles. The Bertz CT molecular complexity index is 3930. The number of hydrogen-bond acceptors (Lipinski definition) is 5. The number of hydrogen-bond donors (Lipinski definition) is 0. The van der Waals surface area contributed by atoms with Crippen LogP contribution in [0.5, 0.6) is 0 Å². The lowest BCUT2D eigenvalue weighted by atomic mass is 9.96. The molecule has 0 aliphatic rings. The molecule has 0 saturated carbocycles. The molecule has 290 valence electrons. The Hall–Kier alpha value is -8.41. The third kappa shape index (κ3) is 6.40. The van der Waals surface area contributed by atoms with Crippen molar-refractivity contribution in [3.8, 4) is 78.7 Å². The standard InChI is InChI=1S/C57H35N3O2/c1-4-13-36(14-5-1)39-19-12-20-40(29-39)41-25-28-52-50(33-41)49-27-24-43(35-54(49)62-52)56-58-55(42-23-26-48-47-21-10-11-22-51(47)61-53(48)34-42)59-57(60-56)46-31-44(37-15-6-2-7-16-37)30-45(32-46)38-17-8-3-9-18-38/h1-35H/i24D,25D,27D,28D,33D,35D. The first-order chi connectivity index (χ1) is 33.2. The van der Waals surface area contributed by atoms with E-state index in [-0.39, 0.29) is 86.8 Å². The van der Waals surface area contributed by atoms with Gasteiger partial charge in [0.25, 0.3) is 0 Å². The molecule has 5 nitrogen and oxygen atoms in total. The van der Waals surface area contributed by atoms with Gasteiger partial charge in [-0.05, 0) is 111 Å². The summed E-state index contributed by atoms with van der Waals surface area (Å²) in [5.74, 6) is 0.475. The summed E-state index contributed by atoms with van der Waals surface area (Å²) in [4.78, 5) is 15.0. The molecule has 0 saturated heterocycles. The molecule has 0 N–H and O–H groups in total. The molecule has 0 fully saturated rings. The molecular weight excluding hydrogens is 759 g/mol. The van der Waals surface area contributed by atoms with Gasteiger partial charge < -0.3 is 8.83 Å². The van der Waals surface area contributed by atoms with Crippen LogP contribution in [0.1, 0.15) is 8.22 Å². The fourth-order valence-electron chi connectivity index (χ4n) is 8.09. The molecule has 9 aromatic carbocycles. The molecule has 12 rings (SSSR count). The summed E-state index contributed by atoms with van der Waals surface area (Å²) in [5, 5.41) is 2.00.